The molecule has 1 heterocycles. The van der Waals surface area contributed by atoms with Crippen molar-refractivity contribution in [3.8, 4) is 0 Å². The van der Waals surface area contributed by atoms with Crippen LogP contribution in [0.15, 0.2) is 10.5 Å². The fourth-order valence-corrected chi connectivity index (χ4v) is 2.87. The Labute approximate surface area is 141 Å². The van der Waals surface area contributed by atoms with E-state index < -0.39 is 0 Å². The van der Waals surface area contributed by atoms with Crippen LogP contribution in [0.4, 0.5) is 0 Å². The summed E-state index contributed by atoms with van der Waals surface area (Å²) in [5.41, 5.74) is 1.31. The predicted molar refractivity (Wildman–Crippen MR) is 94.7 cm³/mol. The third-order valence-corrected chi connectivity index (χ3v) is 4.36. The molecule has 23 heavy (non-hydrogen) atoms. The molecule has 0 aliphatic heterocycles. The van der Waals surface area contributed by atoms with Crippen LogP contribution in [0, 0.1) is 6.92 Å². The highest BCUT2D eigenvalue weighted by Crippen LogP contribution is 2.20. The molecule has 1 aromatic rings. The maximum absolute atomic E-state index is 11.0. The minimum Gasteiger partial charge on any atom is -0.469 e. The molecule has 0 saturated heterocycles. The first kappa shape index (κ1) is 19.8. The molecule has 0 saturated carbocycles. The van der Waals surface area contributed by atoms with Gasteiger partial charge in [-0.25, -0.2) is 0 Å². The summed E-state index contributed by atoms with van der Waals surface area (Å²) >= 11 is 0. The quantitative estimate of drug-likeness (QED) is 0.342. The third-order valence-electron chi connectivity index (χ3n) is 4.36. The predicted octanol–water partition coefficient (Wildman–Crippen LogP) is 5.77. The largest absolute Gasteiger partial charge is 0.469 e. The minimum absolute atomic E-state index is 0.0947. The number of hydrogen-bond acceptors (Lipinski definition) is 3. The van der Waals surface area contributed by atoms with Crippen molar-refractivity contribution >= 4 is 5.97 Å². The van der Waals surface area contributed by atoms with Gasteiger partial charge in [-0.05, 0) is 37.8 Å². The molecule has 0 spiro atoms. The van der Waals surface area contributed by atoms with Crippen LogP contribution in [-0.4, -0.2) is 13.1 Å². The molecule has 0 fully saturated rings. The van der Waals surface area contributed by atoms with Crippen LogP contribution >= 0.6 is 0 Å². The second-order valence-corrected chi connectivity index (χ2v) is 6.47. The maximum Gasteiger partial charge on any atom is 0.305 e. The minimum atomic E-state index is -0.0947. The molecular formula is C20H34O3. The van der Waals surface area contributed by atoms with Crippen LogP contribution in [0.1, 0.15) is 88.2 Å². The van der Waals surface area contributed by atoms with E-state index in [1.807, 2.05) is 0 Å². The molecule has 0 amide bonds. The summed E-state index contributed by atoms with van der Waals surface area (Å²) in [7, 11) is 1.45. The molecule has 0 N–H and O–H groups in total. The molecule has 0 aliphatic carbocycles. The number of rotatable bonds is 13. The van der Waals surface area contributed by atoms with Gasteiger partial charge in [-0.15, -0.1) is 0 Å². The average molecular weight is 322 g/mol. The number of carbonyl (C=O) groups excluding carboxylic acids is 1. The van der Waals surface area contributed by atoms with Crippen LogP contribution in [0.3, 0.4) is 0 Å². The molecule has 3 nitrogen and oxygen atoms in total. The lowest BCUT2D eigenvalue weighted by Crippen LogP contribution is -1.99. The Kier molecular flexibility index (Phi) is 10.5. The van der Waals surface area contributed by atoms with E-state index in [1.165, 1.54) is 63.4 Å². The Morgan fingerprint density at radius 3 is 2.39 bits per heavy atom. The Balaban J connectivity index is 2.12. The maximum atomic E-state index is 11.0. The van der Waals surface area contributed by atoms with Crippen LogP contribution in [0.2, 0.25) is 0 Å². The van der Waals surface area contributed by atoms with Crippen LogP contribution in [-0.2, 0) is 22.4 Å². The highest BCUT2D eigenvalue weighted by molar-refractivity contribution is 5.68. The summed E-state index contributed by atoms with van der Waals surface area (Å²) in [6.07, 6.45) is 13.4. The van der Waals surface area contributed by atoms with Gasteiger partial charge in [0.2, 0.25) is 0 Å². The number of carbonyl (C=O) groups is 1. The van der Waals surface area contributed by atoms with Gasteiger partial charge in [0.05, 0.1) is 7.11 Å². The molecular weight excluding hydrogens is 288 g/mol. The molecule has 0 atom stereocenters. The van der Waals surface area contributed by atoms with Crippen LogP contribution in [0.25, 0.3) is 0 Å². The van der Waals surface area contributed by atoms with Gasteiger partial charge in [0.15, 0.2) is 0 Å². The lowest BCUT2D eigenvalue weighted by atomic mass is 10.1. The second-order valence-electron chi connectivity index (χ2n) is 6.47. The number of hydrogen-bond donors (Lipinski definition) is 0. The SMILES string of the molecule is CCCCCCc1cc(C)c(CCCCCCCC(=O)OC)o1. The van der Waals surface area contributed by atoms with Crippen LogP contribution < -0.4 is 0 Å². The molecule has 3 heteroatoms. The molecule has 1 rings (SSSR count). The number of furan rings is 1. The van der Waals surface area contributed by atoms with Crippen molar-refractivity contribution in [1.29, 1.82) is 0 Å². The van der Waals surface area contributed by atoms with Gasteiger partial charge in [0.1, 0.15) is 11.5 Å². The Bertz CT molecular complexity index is 434. The van der Waals surface area contributed by atoms with E-state index in [0.717, 1.165) is 31.4 Å². The summed E-state index contributed by atoms with van der Waals surface area (Å²) in [5.74, 6) is 2.24. The highest BCUT2D eigenvalue weighted by Gasteiger charge is 2.07. The normalized spacial score (nSPS) is 10.9. The Morgan fingerprint density at radius 1 is 1.00 bits per heavy atom. The van der Waals surface area contributed by atoms with Gasteiger partial charge < -0.3 is 9.15 Å². The zero-order valence-electron chi connectivity index (χ0n) is 15.3. The van der Waals surface area contributed by atoms with Crippen LogP contribution in [0.5, 0.6) is 0 Å². The van der Waals surface area contributed by atoms with Crippen molar-refractivity contribution in [2.45, 2.75) is 90.9 Å². The first-order chi connectivity index (χ1) is 11.2. The molecule has 0 bridgehead atoms. The van der Waals surface area contributed by atoms with E-state index in [-0.39, 0.29) is 5.97 Å². The van der Waals surface area contributed by atoms with Crippen molar-refractivity contribution in [3.63, 3.8) is 0 Å². The summed E-state index contributed by atoms with van der Waals surface area (Å²) in [4.78, 5) is 11.0. The van der Waals surface area contributed by atoms with E-state index in [4.69, 9.17) is 4.42 Å². The molecule has 1 aromatic heterocycles. The first-order valence-electron chi connectivity index (χ1n) is 9.32. The van der Waals surface area contributed by atoms with Crippen molar-refractivity contribution in [2.24, 2.45) is 0 Å². The smallest absolute Gasteiger partial charge is 0.305 e. The molecule has 0 unspecified atom stereocenters. The molecule has 0 aromatic carbocycles. The van der Waals surface area contributed by atoms with E-state index in [0.29, 0.717) is 6.42 Å². The van der Waals surface area contributed by atoms with Gasteiger partial charge in [-0.3, -0.25) is 4.79 Å². The molecule has 0 aliphatic rings. The average Bonchev–Trinajstić information content (AvgIpc) is 2.90. The van der Waals surface area contributed by atoms with Crippen molar-refractivity contribution < 1.29 is 13.9 Å². The summed E-state index contributed by atoms with van der Waals surface area (Å²) in [5, 5.41) is 0. The summed E-state index contributed by atoms with van der Waals surface area (Å²) < 4.78 is 10.6. The van der Waals surface area contributed by atoms with Crippen molar-refractivity contribution in [2.75, 3.05) is 7.11 Å². The van der Waals surface area contributed by atoms with E-state index in [2.05, 4.69) is 24.7 Å². The number of aryl methyl sites for hydroxylation is 3. The molecule has 0 radical (unpaired) electrons. The first-order valence-corrected chi connectivity index (χ1v) is 9.32. The van der Waals surface area contributed by atoms with Gasteiger partial charge in [0, 0.05) is 19.3 Å². The lowest BCUT2D eigenvalue weighted by Gasteiger charge is -2.02. The monoisotopic (exact) mass is 322 g/mol. The zero-order valence-corrected chi connectivity index (χ0v) is 15.3. The van der Waals surface area contributed by atoms with E-state index in [1.54, 1.807) is 0 Å². The zero-order chi connectivity index (χ0) is 16.9. The number of esters is 1. The van der Waals surface area contributed by atoms with Gasteiger partial charge in [-0.2, -0.15) is 0 Å². The third kappa shape index (κ3) is 8.83. The fraction of sp³-hybridized carbons (Fsp3) is 0.750. The van der Waals surface area contributed by atoms with Gasteiger partial charge >= 0.3 is 5.97 Å². The van der Waals surface area contributed by atoms with Gasteiger partial charge in [-0.1, -0.05) is 45.4 Å². The number of unbranched alkanes of at least 4 members (excludes halogenated alkanes) is 7. The lowest BCUT2D eigenvalue weighted by molar-refractivity contribution is -0.140. The van der Waals surface area contributed by atoms with Crippen molar-refractivity contribution in [1.82, 2.24) is 0 Å². The second kappa shape index (κ2) is 12.2. The van der Waals surface area contributed by atoms with Crippen molar-refractivity contribution in [3.05, 3.63) is 23.2 Å². The standard InChI is InChI=1S/C20H34O3/c1-4-5-6-10-13-18-16-17(2)19(23-18)14-11-8-7-9-12-15-20(21)22-3/h16H,4-15H2,1-3H3. The highest BCUT2D eigenvalue weighted by atomic mass is 16.5. The topological polar surface area (TPSA) is 39.4 Å². The number of methoxy groups -OCH3 is 1. The summed E-state index contributed by atoms with van der Waals surface area (Å²) in [6.45, 7) is 4.40. The molecule has 132 valence electrons. The fourth-order valence-electron chi connectivity index (χ4n) is 2.87. The van der Waals surface area contributed by atoms with E-state index in [9.17, 15) is 4.79 Å². The Hall–Kier alpha value is -1.25. The number of ether oxygens (including phenoxy) is 1. The van der Waals surface area contributed by atoms with E-state index >= 15 is 0 Å². The Morgan fingerprint density at radius 2 is 1.65 bits per heavy atom. The van der Waals surface area contributed by atoms with Gasteiger partial charge in [0.25, 0.3) is 0 Å². The summed E-state index contributed by atoms with van der Waals surface area (Å²) in [6, 6.07) is 2.22.